The average Bonchev–Trinajstić information content (AvgIpc) is 2.75. The number of amidine groups is 1. The molecule has 6 heteroatoms. The van der Waals surface area contributed by atoms with Crippen molar-refractivity contribution in [3.8, 4) is 0 Å². The summed E-state index contributed by atoms with van der Waals surface area (Å²) >= 11 is 0. The van der Waals surface area contributed by atoms with Gasteiger partial charge in [-0.1, -0.05) is 0 Å². The second kappa shape index (κ2) is 2.81. The van der Waals surface area contributed by atoms with Gasteiger partial charge in [-0.25, -0.2) is 0 Å². The number of hydrogen-bond donors (Lipinski definition) is 2. The van der Waals surface area contributed by atoms with Crippen LogP contribution in [0.5, 0.6) is 0 Å². The van der Waals surface area contributed by atoms with Crippen LogP contribution in [-0.2, 0) is 10.0 Å². The topological polar surface area (TPSA) is 84.5 Å². The van der Waals surface area contributed by atoms with Crippen LogP contribution >= 0.6 is 0 Å². The summed E-state index contributed by atoms with van der Waals surface area (Å²) in [5, 5.41) is 3.10. The number of nitrogens with zero attached hydrogens (tertiary/aromatic N) is 1. The summed E-state index contributed by atoms with van der Waals surface area (Å²) in [5.41, 5.74) is 5.29. The molecule has 2 aliphatic rings. The number of nitrogens with one attached hydrogen (secondary N) is 1. The molecule has 0 unspecified atom stereocenters. The van der Waals surface area contributed by atoms with Gasteiger partial charge in [0.1, 0.15) is 5.84 Å². The van der Waals surface area contributed by atoms with Crippen molar-refractivity contribution >= 4 is 15.9 Å². The molecule has 0 aromatic heterocycles. The van der Waals surface area contributed by atoms with Gasteiger partial charge >= 0.3 is 0 Å². The highest BCUT2D eigenvalue weighted by Gasteiger charge is 2.26. The fourth-order valence-corrected chi connectivity index (χ4v) is 2.12. The molecule has 2 rings (SSSR count). The molecule has 1 aliphatic heterocycles. The minimum absolute atomic E-state index is 0.0765. The van der Waals surface area contributed by atoms with E-state index in [-0.39, 0.29) is 10.7 Å². The molecule has 0 bridgehead atoms. The lowest BCUT2D eigenvalue weighted by Crippen LogP contribution is -2.21. The van der Waals surface area contributed by atoms with E-state index in [1.165, 1.54) is 6.08 Å². The van der Waals surface area contributed by atoms with Gasteiger partial charge in [0, 0.05) is 12.6 Å². The largest absolute Gasteiger partial charge is 0.383 e. The van der Waals surface area contributed by atoms with Crippen LogP contribution in [0.3, 0.4) is 0 Å². The van der Waals surface area contributed by atoms with E-state index < -0.39 is 10.0 Å². The summed E-state index contributed by atoms with van der Waals surface area (Å²) in [7, 11) is -3.44. The fraction of sp³-hybridized carbons (Fsp3) is 0.571. The lowest BCUT2D eigenvalue weighted by molar-refractivity contribution is 0.601. The van der Waals surface area contributed by atoms with Gasteiger partial charge in [0.25, 0.3) is 10.0 Å². The Balaban J connectivity index is 2.03. The lowest BCUT2D eigenvalue weighted by Gasteiger charge is -2.01. The minimum atomic E-state index is -3.44. The van der Waals surface area contributed by atoms with Crippen molar-refractivity contribution < 1.29 is 8.42 Å². The zero-order chi connectivity index (χ0) is 9.47. The summed E-state index contributed by atoms with van der Waals surface area (Å²) in [6, 6.07) is 0.484. The van der Waals surface area contributed by atoms with Crippen molar-refractivity contribution in [2.45, 2.75) is 18.9 Å². The third-order valence-electron chi connectivity index (χ3n) is 2.01. The molecule has 3 N–H and O–H groups in total. The summed E-state index contributed by atoms with van der Waals surface area (Å²) in [6.07, 6.45) is 3.66. The molecule has 0 aromatic rings. The van der Waals surface area contributed by atoms with Gasteiger partial charge in [0.2, 0.25) is 0 Å². The van der Waals surface area contributed by atoms with E-state index in [0.29, 0.717) is 12.6 Å². The Kier molecular flexibility index (Phi) is 1.88. The van der Waals surface area contributed by atoms with E-state index in [1.807, 2.05) is 0 Å². The molecule has 0 atom stereocenters. The molecule has 13 heavy (non-hydrogen) atoms. The zero-order valence-corrected chi connectivity index (χ0v) is 7.84. The molecule has 1 heterocycles. The Bertz CT molecular complexity index is 379. The highest BCUT2D eigenvalue weighted by atomic mass is 32.2. The Morgan fingerprint density at radius 2 is 2.31 bits per heavy atom. The first-order valence-corrected chi connectivity index (χ1v) is 5.56. The van der Waals surface area contributed by atoms with Crippen LogP contribution in [-0.4, -0.2) is 26.8 Å². The van der Waals surface area contributed by atoms with Crippen LogP contribution in [0.25, 0.3) is 0 Å². The molecular weight excluding hydrogens is 190 g/mol. The maximum Gasteiger partial charge on any atom is 0.281 e. The van der Waals surface area contributed by atoms with Gasteiger partial charge < -0.3 is 11.1 Å². The summed E-state index contributed by atoms with van der Waals surface area (Å²) in [5.74, 6) is 0.0765. The standard InChI is InChI=1S/C7H11N3O2S/c8-7-3-6(13(11,12)10-7)4-9-5-1-2-5/h3,5,9H,1-2,4H2,(H2,8,10). The smallest absolute Gasteiger partial charge is 0.281 e. The van der Waals surface area contributed by atoms with Crippen molar-refractivity contribution in [3.63, 3.8) is 0 Å². The number of hydrogen-bond acceptors (Lipinski definition) is 4. The molecule has 0 amide bonds. The van der Waals surface area contributed by atoms with Crippen LogP contribution in [0.15, 0.2) is 15.4 Å². The molecule has 72 valence electrons. The highest BCUT2D eigenvalue weighted by Crippen LogP contribution is 2.20. The van der Waals surface area contributed by atoms with Crippen LogP contribution < -0.4 is 11.1 Å². The molecule has 0 saturated heterocycles. The predicted molar refractivity (Wildman–Crippen MR) is 49.6 cm³/mol. The van der Waals surface area contributed by atoms with Gasteiger partial charge in [-0.2, -0.15) is 8.42 Å². The molecule has 5 nitrogen and oxygen atoms in total. The molecule has 0 radical (unpaired) electrons. The monoisotopic (exact) mass is 201 g/mol. The Morgan fingerprint density at radius 1 is 1.62 bits per heavy atom. The first-order chi connectivity index (χ1) is 6.08. The van der Waals surface area contributed by atoms with E-state index in [4.69, 9.17) is 5.73 Å². The maximum absolute atomic E-state index is 11.2. The van der Waals surface area contributed by atoms with Crippen molar-refractivity contribution in [2.24, 2.45) is 10.1 Å². The Morgan fingerprint density at radius 3 is 2.77 bits per heavy atom. The molecule has 0 aromatic carbocycles. The first-order valence-electron chi connectivity index (χ1n) is 4.12. The molecular formula is C7H11N3O2S. The Labute approximate surface area is 76.8 Å². The van der Waals surface area contributed by atoms with E-state index in [1.54, 1.807) is 0 Å². The average molecular weight is 201 g/mol. The van der Waals surface area contributed by atoms with Crippen molar-refractivity contribution in [1.29, 1.82) is 0 Å². The summed E-state index contributed by atoms with van der Waals surface area (Å²) < 4.78 is 25.8. The van der Waals surface area contributed by atoms with Crippen LogP contribution in [0.4, 0.5) is 0 Å². The third-order valence-corrected chi connectivity index (χ3v) is 3.38. The van der Waals surface area contributed by atoms with Gasteiger partial charge in [0.05, 0.1) is 4.91 Å². The Hall–Kier alpha value is -0.880. The minimum Gasteiger partial charge on any atom is -0.383 e. The maximum atomic E-state index is 11.2. The second-order valence-corrected chi connectivity index (χ2v) is 4.91. The third kappa shape index (κ3) is 1.89. The number of nitrogens with two attached hydrogens (primary N) is 1. The van der Waals surface area contributed by atoms with Crippen LogP contribution in [0.2, 0.25) is 0 Å². The van der Waals surface area contributed by atoms with E-state index >= 15 is 0 Å². The zero-order valence-electron chi connectivity index (χ0n) is 7.03. The summed E-state index contributed by atoms with van der Waals surface area (Å²) in [4.78, 5) is 0.275. The van der Waals surface area contributed by atoms with Gasteiger partial charge in [-0.15, -0.1) is 4.40 Å². The van der Waals surface area contributed by atoms with Crippen molar-refractivity contribution in [3.05, 3.63) is 11.0 Å². The lowest BCUT2D eigenvalue weighted by atomic mass is 10.4. The van der Waals surface area contributed by atoms with Crippen LogP contribution in [0.1, 0.15) is 12.8 Å². The molecule has 1 fully saturated rings. The van der Waals surface area contributed by atoms with Crippen molar-refractivity contribution in [2.75, 3.05) is 6.54 Å². The molecule has 1 aliphatic carbocycles. The van der Waals surface area contributed by atoms with Crippen LogP contribution in [0, 0.1) is 0 Å². The first kappa shape index (κ1) is 8.71. The number of rotatable bonds is 3. The van der Waals surface area contributed by atoms with E-state index in [2.05, 4.69) is 9.71 Å². The van der Waals surface area contributed by atoms with E-state index in [0.717, 1.165) is 12.8 Å². The second-order valence-electron chi connectivity index (χ2n) is 3.26. The fourth-order valence-electron chi connectivity index (χ4n) is 1.14. The highest BCUT2D eigenvalue weighted by molar-refractivity contribution is 7.94. The molecule has 0 spiro atoms. The van der Waals surface area contributed by atoms with Gasteiger partial charge in [-0.05, 0) is 18.9 Å². The molecule has 1 saturated carbocycles. The summed E-state index contributed by atoms with van der Waals surface area (Å²) in [6.45, 7) is 0.344. The van der Waals surface area contributed by atoms with Crippen molar-refractivity contribution in [1.82, 2.24) is 5.32 Å². The SMILES string of the molecule is NC1=NS(=O)(=O)C(CNC2CC2)=C1. The predicted octanol–water partition coefficient (Wildman–Crippen LogP) is -0.677. The van der Waals surface area contributed by atoms with E-state index in [9.17, 15) is 8.42 Å². The quantitative estimate of drug-likeness (QED) is 0.633. The van der Waals surface area contributed by atoms with Gasteiger partial charge in [0.15, 0.2) is 0 Å². The van der Waals surface area contributed by atoms with Gasteiger partial charge in [-0.3, -0.25) is 0 Å². The number of sulfonamides is 1. The normalized spacial score (nSPS) is 25.5.